The maximum atomic E-state index is 11.7. The second-order valence-corrected chi connectivity index (χ2v) is 7.52. The SMILES string of the molecule is CS(=O)(=O)c1ccc2nccc(Nc3ccc(Cl)c(O)c3)c2c1. The number of fused-ring (bicyclic) bond motifs is 1. The molecule has 23 heavy (non-hydrogen) atoms. The third-order valence-electron chi connectivity index (χ3n) is 3.37. The van der Waals surface area contributed by atoms with Gasteiger partial charge in [0.15, 0.2) is 9.84 Å². The number of benzene rings is 2. The standard InChI is InChI=1S/C16H13ClN2O3S/c1-23(21,22)11-3-5-14-12(9-11)15(6-7-18-14)19-10-2-4-13(17)16(20)8-10/h2-9,20H,1H3,(H,18,19). The lowest BCUT2D eigenvalue weighted by molar-refractivity contribution is 0.476. The van der Waals surface area contributed by atoms with Crippen molar-refractivity contribution in [2.24, 2.45) is 0 Å². The molecule has 3 rings (SSSR count). The normalized spacial score (nSPS) is 11.6. The predicted molar refractivity (Wildman–Crippen MR) is 91.3 cm³/mol. The molecule has 2 aromatic carbocycles. The highest BCUT2D eigenvalue weighted by Gasteiger charge is 2.11. The summed E-state index contributed by atoms with van der Waals surface area (Å²) in [6.07, 6.45) is 2.79. The molecule has 0 radical (unpaired) electrons. The van der Waals surface area contributed by atoms with Crippen LogP contribution in [0.5, 0.6) is 5.75 Å². The van der Waals surface area contributed by atoms with Crippen LogP contribution in [0.4, 0.5) is 11.4 Å². The largest absolute Gasteiger partial charge is 0.506 e. The number of nitrogens with one attached hydrogen (secondary N) is 1. The van der Waals surface area contributed by atoms with Gasteiger partial charge in [-0.25, -0.2) is 8.42 Å². The van der Waals surface area contributed by atoms with Gasteiger partial charge in [0.1, 0.15) is 5.75 Å². The molecule has 118 valence electrons. The second-order valence-electron chi connectivity index (χ2n) is 5.10. The van der Waals surface area contributed by atoms with E-state index in [9.17, 15) is 13.5 Å². The summed E-state index contributed by atoms with van der Waals surface area (Å²) >= 11 is 5.80. The van der Waals surface area contributed by atoms with Crippen LogP contribution in [0.3, 0.4) is 0 Å². The van der Waals surface area contributed by atoms with Crippen LogP contribution in [-0.4, -0.2) is 24.8 Å². The molecule has 0 amide bonds. The van der Waals surface area contributed by atoms with Gasteiger partial charge in [-0.15, -0.1) is 0 Å². The molecule has 0 aliphatic carbocycles. The number of aromatic nitrogens is 1. The third-order valence-corrected chi connectivity index (χ3v) is 4.80. The number of hydrogen-bond acceptors (Lipinski definition) is 5. The number of sulfone groups is 1. The number of hydrogen-bond donors (Lipinski definition) is 2. The number of phenols is 1. The molecule has 0 atom stereocenters. The minimum atomic E-state index is -3.31. The summed E-state index contributed by atoms with van der Waals surface area (Å²) in [5, 5.41) is 13.7. The van der Waals surface area contributed by atoms with E-state index in [-0.39, 0.29) is 15.7 Å². The van der Waals surface area contributed by atoms with Crippen LogP contribution in [0, 0.1) is 0 Å². The topological polar surface area (TPSA) is 79.3 Å². The van der Waals surface area contributed by atoms with Crippen molar-refractivity contribution in [1.82, 2.24) is 4.98 Å². The Hall–Kier alpha value is -2.31. The van der Waals surface area contributed by atoms with Gasteiger partial charge in [-0.05, 0) is 36.4 Å². The lowest BCUT2D eigenvalue weighted by atomic mass is 10.2. The van der Waals surface area contributed by atoms with Crippen LogP contribution in [0.25, 0.3) is 10.9 Å². The molecule has 1 heterocycles. The van der Waals surface area contributed by atoms with Crippen LogP contribution in [0.1, 0.15) is 0 Å². The zero-order valence-corrected chi connectivity index (χ0v) is 13.7. The molecule has 5 nitrogen and oxygen atoms in total. The quantitative estimate of drug-likeness (QED) is 0.753. The van der Waals surface area contributed by atoms with Crippen LogP contribution in [0.15, 0.2) is 53.6 Å². The van der Waals surface area contributed by atoms with E-state index in [2.05, 4.69) is 10.3 Å². The molecule has 0 spiro atoms. The first-order chi connectivity index (χ1) is 10.8. The molecule has 0 saturated carbocycles. The Morgan fingerprint density at radius 1 is 1.13 bits per heavy atom. The summed E-state index contributed by atoms with van der Waals surface area (Å²) in [5.74, 6) is -0.0353. The summed E-state index contributed by atoms with van der Waals surface area (Å²) in [6, 6.07) is 11.3. The van der Waals surface area contributed by atoms with E-state index in [1.165, 1.54) is 12.1 Å². The minimum Gasteiger partial charge on any atom is -0.506 e. The molecule has 0 unspecified atom stereocenters. The lowest BCUT2D eigenvalue weighted by Crippen LogP contribution is -1.98. The van der Waals surface area contributed by atoms with Gasteiger partial charge < -0.3 is 10.4 Å². The summed E-state index contributed by atoms with van der Waals surface area (Å²) in [6.45, 7) is 0. The maximum Gasteiger partial charge on any atom is 0.175 e. The van der Waals surface area contributed by atoms with E-state index < -0.39 is 9.84 Å². The lowest BCUT2D eigenvalue weighted by Gasteiger charge is -2.11. The molecule has 0 aliphatic heterocycles. The molecule has 7 heteroatoms. The first kappa shape index (κ1) is 15.6. The first-order valence-electron chi connectivity index (χ1n) is 6.69. The van der Waals surface area contributed by atoms with E-state index in [0.29, 0.717) is 22.3 Å². The molecule has 3 aromatic rings. The van der Waals surface area contributed by atoms with E-state index in [1.54, 1.807) is 36.5 Å². The molecule has 0 aliphatic rings. The Morgan fingerprint density at radius 3 is 2.61 bits per heavy atom. The van der Waals surface area contributed by atoms with Crippen molar-refractivity contribution >= 4 is 43.7 Å². The molecule has 0 saturated heterocycles. The van der Waals surface area contributed by atoms with Crippen LogP contribution in [0.2, 0.25) is 5.02 Å². The van der Waals surface area contributed by atoms with Gasteiger partial charge in [0.25, 0.3) is 0 Å². The van der Waals surface area contributed by atoms with Gasteiger partial charge in [0.05, 0.1) is 15.4 Å². The second kappa shape index (κ2) is 5.72. The predicted octanol–water partition coefficient (Wildman–Crippen LogP) is 3.74. The summed E-state index contributed by atoms with van der Waals surface area (Å²) < 4.78 is 23.5. The van der Waals surface area contributed by atoms with Crippen LogP contribution in [-0.2, 0) is 9.84 Å². The Labute approximate surface area is 138 Å². The van der Waals surface area contributed by atoms with Crippen molar-refractivity contribution in [3.63, 3.8) is 0 Å². The van der Waals surface area contributed by atoms with Crippen molar-refractivity contribution in [3.8, 4) is 5.75 Å². The minimum absolute atomic E-state index is 0.0353. The van der Waals surface area contributed by atoms with Gasteiger partial charge in [-0.1, -0.05) is 11.6 Å². The zero-order valence-electron chi connectivity index (χ0n) is 12.1. The molecule has 0 bridgehead atoms. The first-order valence-corrected chi connectivity index (χ1v) is 8.96. The molecular weight excluding hydrogens is 336 g/mol. The van der Waals surface area contributed by atoms with Crippen LogP contribution < -0.4 is 5.32 Å². The van der Waals surface area contributed by atoms with Crippen molar-refractivity contribution in [1.29, 1.82) is 0 Å². The smallest absolute Gasteiger partial charge is 0.175 e. The van der Waals surface area contributed by atoms with Gasteiger partial charge in [-0.3, -0.25) is 4.98 Å². The van der Waals surface area contributed by atoms with E-state index in [0.717, 1.165) is 6.26 Å². The Morgan fingerprint density at radius 2 is 1.91 bits per heavy atom. The average Bonchev–Trinajstić information content (AvgIpc) is 2.50. The van der Waals surface area contributed by atoms with Crippen molar-refractivity contribution in [2.45, 2.75) is 4.90 Å². The van der Waals surface area contributed by atoms with Gasteiger partial charge >= 0.3 is 0 Å². The number of pyridine rings is 1. The van der Waals surface area contributed by atoms with Gasteiger partial charge in [0.2, 0.25) is 0 Å². The number of aromatic hydroxyl groups is 1. The van der Waals surface area contributed by atoms with E-state index >= 15 is 0 Å². The van der Waals surface area contributed by atoms with Crippen molar-refractivity contribution in [2.75, 3.05) is 11.6 Å². The third kappa shape index (κ3) is 3.23. The molecule has 2 N–H and O–H groups in total. The fourth-order valence-electron chi connectivity index (χ4n) is 2.21. The number of anilines is 2. The summed E-state index contributed by atoms with van der Waals surface area (Å²) in [4.78, 5) is 4.46. The Bertz CT molecular complexity index is 1000. The molecule has 0 fully saturated rings. The zero-order chi connectivity index (χ0) is 16.6. The number of nitrogens with zero attached hydrogens (tertiary/aromatic N) is 1. The van der Waals surface area contributed by atoms with Gasteiger partial charge in [-0.2, -0.15) is 0 Å². The fourth-order valence-corrected chi connectivity index (χ4v) is 2.98. The molecule has 1 aromatic heterocycles. The Balaban J connectivity index is 2.11. The monoisotopic (exact) mass is 348 g/mol. The Kier molecular flexibility index (Phi) is 3.87. The van der Waals surface area contributed by atoms with E-state index in [1.807, 2.05) is 0 Å². The average molecular weight is 349 g/mol. The summed E-state index contributed by atoms with van der Waals surface area (Å²) in [7, 11) is -3.31. The molecular formula is C16H13ClN2O3S. The highest BCUT2D eigenvalue weighted by Crippen LogP contribution is 2.31. The van der Waals surface area contributed by atoms with E-state index in [4.69, 9.17) is 11.6 Å². The van der Waals surface area contributed by atoms with Crippen LogP contribution >= 0.6 is 11.6 Å². The number of rotatable bonds is 3. The number of halogens is 1. The fraction of sp³-hybridized carbons (Fsp3) is 0.0625. The van der Waals surface area contributed by atoms with Crippen molar-refractivity contribution < 1.29 is 13.5 Å². The number of phenolic OH excluding ortho intramolecular Hbond substituents is 1. The highest BCUT2D eigenvalue weighted by atomic mass is 35.5. The highest BCUT2D eigenvalue weighted by molar-refractivity contribution is 7.90. The summed E-state index contributed by atoms with van der Waals surface area (Å²) in [5.41, 5.74) is 1.98. The maximum absolute atomic E-state index is 11.7. The van der Waals surface area contributed by atoms with Gasteiger partial charge in [0, 0.05) is 35.3 Å². The van der Waals surface area contributed by atoms with Crippen molar-refractivity contribution in [3.05, 3.63) is 53.7 Å².